The molecular formula is C25H24N4O3. The van der Waals surface area contributed by atoms with Gasteiger partial charge in [0.2, 0.25) is 5.88 Å². The van der Waals surface area contributed by atoms with Gasteiger partial charge in [0, 0.05) is 12.7 Å². The van der Waals surface area contributed by atoms with E-state index in [9.17, 15) is 9.90 Å². The minimum absolute atomic E-state index is 0.0985. The number of carbonyl (C=O) groups is 1. The van der Waals surface area contributed by atoms with Crippen molar-refractivity contribution in [3.8, 4) is 11.9 Å². The molecule has 2 heterocycles. The Bertz CT molecular complexity index is 1130. The van der Waals surface area contributed by atoms with Crippen LogP contribution in [0.5, 0.6) is 5.88 Å². The van der Waals surface area contributed by atoms with Crippen molar-refractivity contribution in [3.63, 3.8) is 0 Å². The number of hydrogen-bond donors (Lipinski definition) is 3. The third kappa shape index (κ3) is 4.71. The average Bonchev–Trinajstić information content (AvgIpc) is 2.84. The number of hydrogen-bond acceptors (Lipinski definition) is 6. The summed E-state index contributed by atoms with van der Waals surface area (Å²) in [5.41, 5.74) is 3.59. The van der Waals surface area contributed by atoms with Crippen molar-refractivity contribution < 1.29 is 14.6 Å². The van der Waals surface area contributed by atoms with Crippen LogP contribution in [0.3, 0.4) is 0 Å². The van der Waals surface area contributed by atoms with E-state index in [-0.39, 0.29) is 23.6 Å². The van der Waals surface area contributed by atoms with E-state index in [0.717, 1.165) is 11.1 Å². The van der Waals surface area contributed by atoms with Crippen molar-refractivity contribution in [1.29, 1.82) is 5.26 Å². The fourth-order valence-electron chi connectivity index (χ4n) is 3.80. The number of aromatic nitrogens is 1. The maximum Gasteiger partial charge on any atom is 0.337 e. The number of carboxylic acid groups (broad SMARTS) is 1. The molecule has 1 aliphatic heterocycles. The Hall–Kier alpha value is -3.89. The number of nitriles is 1. The lowest BCUT2D eigenvalue weighted by Gasteiger charge is -2.34. The lowest BCUT2D eigenvalue weighted by atomic mass is 9.96. The lowest BCUT2D eigenvalue weighted by Crippen LogP contribution is -2.43. The van der Waals surface area contributed by atoms with Crippen molar-refractivity contribution >= 4 is 11.7 Å². The highest BCUT2D eigenvalue weighted by Gasteiger charge is 2.30. The molecule has 1 aromatic heterocycles. The summed E-state index contributed by atoms with van der Waals surface area (Å²) in [4.78, 5) is 15.4. The first kappa shape index (κ1) is 21.3. The van der Waals surface area contributed by atoms with E-state index < -0.39 is 5.97 Å². The molecule has 3 atom stereocenters. The van der Waals surface area contributed by atoms with Crippen LogP contribution in [0.2, 0.25) is 0 Å². The molecule has 162 valence electrons. The van der Waals surface area contributed by atoms with Crippen LogP contribution < -0.4 is 15.4 Å². The molecule has 0 amide bonds. The molecule has 0 fully saturated rings. The zero-order chi connectivity index (χ0) is 22.5. The third-order valence-electron chi connectivity index (χ3n) is 5.64. The molecule has 3 aromatic rings. The number of rotatable bonds is 7. The van der Waals surface area contributed by atoms with E-state index in [1.54, 1.807) is 6.07 Å². The summed E-state index contributed by atoms with van der Waals surface area (Å²) in [7, 11) is 0. The summed E-state index contributed by atoms with van der Waals surface area (Å²) in [6.45, 7) is 3.36. The zero-order valence-electron chi connectivity index (χ0n) is 17.7. The Balaban J connectivity index is 1.51. The van der Waals surface area contributed by atoms with Gasteiger partial charge in [0.15, 0.2) is 0 Å². The topological polar surface area (TPSA) is 107 Å². The van der Waals surface area contributed by atoms with Gasteiger partial charge in [-0.25, -0.2) is 9.78 Å². The smallest absolute Gasteiger partial charge is 0.337 e. The lowest BCUT2D eigenvalue weighted by molar-refractivity contribution is 0.0696. The predicted octanol–water partition coefficient (Wildman–Crippen LogP) is 3.96. The Morgan fingerprint density at radius 2 is 2.00 bits per heavy atom. The minimum atomic E-state index is -1.02. The second kappa shape index (κ2) is 9.50. The molecule has 0 radical (unpaired) electrons. The molecule has 32 heavy (non-hydrogen) atoms. The van der Waals surface area contributed by atoms with E-state index in [1.807, 2.05) is 42.5 Å². The molecule has 2 aromatic carbocycles. The number of anilines is 1. The number of nitrogens with zero attached hydrogens (tertiary/aromatic N) is 2. The molecular weight excluding hydrogens is 404 g/mol. The van der Waals surface area contributed by atoms with Crippen molar-refractivity contribution in [2.75, 3.05) is 18.4 Å². The number of aromatic carboxylic acids is 1. The van der Waals surface area contributed by atoms with Crippen molar-refractivity contribution in [2.24, 2.45) is 0 Å². The molecule has 1 aliphatic rings. The monoisotopic (exact) mass is 428 g/mol. The largest absolute Gasteiger partial charge is 0.478 e. The van der Waals surface area contributed by atoms with Crippen LogP contribution in [-0.4, -0.2) is 35.3 Å². The van der Waals surface area contributed by atoms with Gasteiger partial charge in [-0.3, -0.25) is 0 Å². The Morgan fingerprint density at radius 1 is 1.25 bits per heavy atom. The first-order valence-electron chi connectivity index (χ1n) is 10.5. The van der Waals surface area contributed by atoms with Crippen LogP contribution >= 0.6 is 0 Å². The van der Waals surface area contributed by atoms with Gasteiger partial charge in [-0.15, -0.1) is 0 Å². The molecule has 0 saturated carbocycles. The van der Waals surface area contributed by atoms with E-state index in [1.165, 1.54) is 6.20 Å². The summed E-state index contributed by atoms with van der Waals surface area (Å²) in [6, 6.07) is 21.3. The molecule has 0 aliphatic carbocycles. The molecule has 4 rings (SSSR count). The Labute approximate surface area is 186 Å². The highest BCUT2D eigenvalue weighted by atomic mass is 16.5. The number of fused-ring (bicyclic) bond motifs is 1. The second-order valence-corrected chi connectivity index (χ2v) is 7.85. The maximum atomic E-state index is 11.2. The third-order valence-corrected chi connectivity index (χ3v) is 5.64. The van der Waals surface area contributed by atoms with Gasteiger partial charge in [0.1, 0.15) is 6.10 Å². The number of ether oxygens (including phenoxy) is 1. The van der Waals surface area contributed by atoms with Crippen LogP contribution in [0.25, 0.3) is 0 Å². The zero-order valence-corrected chi connectivity index (χ0v) is 17.7. The van der Waals surface area contributed by atoms with Crippen molar-refractivity contribution in [2.45, 2.75) is 25.0 Å². The van der Waals surface area contributed by atoms with Crippen LogP contribution in [0, 0.1) is 11.3 Å². The van der Waals surface area contributed by atoms with Gasteiger partial charge in [0.25, 0.3) is 0 Å². The van der Waals surface area contributed by atoms with Gasteiger partial charge in [-0.05, 0) is 35.2 Å². The summed E-state index contributed by atoms with van der Waals surface area (Å²) < 4.78 is 6.19. The van der Waals surface area contributed by atoms with Crippen LogP contribution in [0.1, 0.15) is 45.9 Å². The molecule has 0 unspecified atom stereocenters. The summed E-state index contributed by atoms with van der Waals surface area (Å²) >= 11 is 0. The van der Waals surface area contributed by atoms with E-state index in [2.05, 4.69) is 40.7 Å². The summed E-state index contributed by atoms with van der Waals surface area (Å²) in [6.07, 6.45) is 1.07. The standard InChI is InChI=1S/C25H24N4O3/c1-16(18-9-7-17(12-26)8-10-18)13-28-23(19-5-3-2-4-6-19)22-15-27-21-11-20(25(30)31)14-29-24(21)32-22/h2-11,14,16,22-23,27-28H,13,15H2,1H3,(H,30,31)/t16-,22-,23+/m0/s1. The summed E-state index contributed by atoms with van der Waals surface area (Å²) in [5, 5.41) is 25.1. The number of carboxylic acids is 1. The van der Waals surface area contributed by atoms with E-state index in [0.29, 0.717) is 30.2 Å². The van der Waals surface area contributed by atoms with Gasteiger partial charge in [-0.2, -0.15) is 5.26 Å². The maximum absolute atomic E-state index is 11.2. The average molecular weight is 428 g/mol. The Kier molecular flexibility index (Phi) is 6.34. The molecule has 0 bridgehead atoms. The minimum Gasteiger partial charge on any atom is -0.478 e. The van der Waals surface area contributed by atoms with Crippen LogP contribution in [0.4, 0.5) is 5.69 Å². The predicted molar refractivity (Wildman–Crippen MR) is 121 cm³/mol. The van der Waals surface area contributed by atoms with Crippen LogP contribution in [-0.2, 0) is 0 Å². The number of benzene rings is 2. The van der Waals surface area contributed by atoms with Crippen molar-refractivity contribution in [1.82, 2.24) is 10.3 Å². The normalized spacial score (nSPS) is 16.6. The molecule has 7 nitrogen and oxygen atoms in total. The quantitative estimate of drug-likeness (QED) is 0.523. The number of nitrogens with one attached hydrogen (secondary N) is 2. The highest BCUT2D eigenvalue weighted by Crippen LogP contribution is 2.32. The van der Waals surface area contributed by atoms with Crippen LogP contribution in [0.15, 0.2) is 66.9 Å². The molecule has 7 heteroatoms. The molecule has 0 saturated heterocycles. The number of pyridine rings is 1. The highest BCUT2D eigenvalue weighted by molar-refractivity contribution is 5.88. The fourth-order valence-corrected chi connectivity index (χ4v) is 3.80. The van der Waals surface area contributed by atoms with Gasteiger partial charge < -0.3 is 20.5 Å². The summed E-state index contributed by atoms with van der Waals surface area (Å²) in [5.74, 6) is -0.395. The van der Waals surface area contributed by atoms with Crippen molar-refractivity contribution in [3.05, 3.63) is 89.1 Å². The Morgan fingerprint density at radius 3 is 2.69 bits per heavy atom. The van der Waals surface area contributed by atoms with E-state index >= 15 is 0 Å². The SMILES string of the molecule is C[C@@H](CN[C@H](c1ccccc1)[C@@H]1CNc2cc(C(=O)O)cnc2O1)c1ccc(C#N)cc1. The van der Waals surface area contributed by atoms with Gasteiger partial charge in [0.05, 0.1) is 35.5 Å². The van der Waals surface area contributed by atoms with Gasteiger partial charge >= 0.3 is 5.97 Å². The molecule has 0 spiro atoms. The first-order valence-corrected chi connectivity index (χ1v) is 10.5. The van der Waals surface area contributed by atoms with E-state index in [4.69, 9.17) is 10.00 Å². The van der Waals surface area contributed by atoms with Gasteiger partial charge in [-0.1, -0.05) is 49.4 Å². The second-order valence-electron chi connectivity index (χ2n) is 7.85. The fraction of sp³-hybridized carbons (Fsp3) is 0.240. The first-order chi connectivity index (χ1) is 15.5. The molecule has 3 N–H and O–H groups in total.